The Morgan fingerprint density at radius 3 is 2.71 bits per heavy atom. The molecule has 1 rings (SSSR count). The van der Waals surface area contributed by atoms with Crippen molar-refractivity contribution < 1.29 is 4.79 Å². The number of likely N-dealkylation sites (N-methyl/N-ethyl adjacent to an activating group) is 1. The average Bonchev–Trinajstić information content (AvgIpc) is 2.26. The Balaban J connectivity index is 2.84. The molecule has 0 radical (unpaired) electrons. The van der Waals surface area contributed by atoms with Crippen LogP contribution < -0.4 is 11.1 Å². The first kappa shape index (κ1) is 13.7. The summed E-state index contributed by atoms with van der Waals surface area (Å²) >= 11 is 10.8. The van der Waals surface area contributed by atoms with E-state index in [1.54, 1.807) is 32.3 Å². The molecule has 0 bridgehead atoms. The summed E-state index contributed by atoms with van der Waals surface area (Å²) in [6.45, 7) is 0.185. The first-order valence-electron chi connectivity index (χ1n) is 4.95. The van der Waals surface area contributed by atoms with E-state index in [9.17, 15) is 4.79 Å². The highest BCUT2D eigenvalue weighted by atomic mass is 35.5. The van der Waals surface area contributed by atoms with Gasteiger partial charge in [0.1, 0.15) is 4.99 Å². The van der Waals surface area contributed by atoms with Crippen molar-refractivity contribution in [3.05, 3.63) is 28.8 Å². The van der Waals surface area contributed by atoms with Gasteiger partial charge in [-0.05, 0) is 18.2 Å². The fourth-order valence-corrected chi connectivity index (χ4v) is 1.54. The highest BCUT2D eigenvalue weighted by Crippen LogP contribution is 2.20. The Kier molecular flexibility index (Phi) is 4.72. The monoisotopic (exact) mass is 271 g/mol. The van der Waals surface area contributed by atoms with Crippen molar-refractivity contribution in [2.24, 2.45) is 5.73 Å². The van der Waals surface area contributed by atoms with Crippen LogP contribution in [0.1, 0.15) is 5.56 Å². The number of carbonyl (C=O) groups is 1. The molecule has 0 aliphatic carbocycles. The molecule has 0 atom stereocenters. The zero-order valence-corrected chi connectivity index (χ0v) is 11.2. The van der Waals surface area contributed by atoms with Gasteiger partial charge in [0.25, 0.3) is 0 Å². The SMILES string of the molecule is CN(C)C(=O)CNc1ccc(Cl)cc1C(N)=S. The molecule has 0 aromatic heterocycles. The van der Waals surface area contributed by atoms with E-state index in [4.69, 9.17) is 29.6 Å². The number of rotatable bonds is 4. The van der Waals surface area contributed by atoms with Crippen LogP contribution in [0.2, 0.25) is 5.02 Å². The molecule has 1 aromatic carbocycles. The van der Waals surface area contributed by atoms with Crippen LogP contribution in [0.5, 0.6) is 0 Å². The quantitative estimate of drug-likeness (QED) is 0.815. The largest absolute Gasteiger partial charge is 0.389 e. The molecular weight excluding hydrogens is 258 g/mol. The van der Waals surface area contributed by atoms with Crippen LogP contribution >= 0.6 is 23.8 Å². The van der Waals surface area contributed by atoms with E-state index in [0.29, 0.717) is 16.3 Å². The molecule has 1 aromatic rings. The van der Waals surface area contributed by atoms with Crippen molar-refractivity contribution in [1.82, 2.24) is 4.90 Å². The molecule has 0 unspecified atom stereocenters. The zero-order valence-electron chi connectivity index (χ0n) is 9.66. The molecule has 0 aliphatic rings. The Morgan fingerprint density at radius 1 is 1.53 bits per heavy atom. The highest BCUT2D eigenvalue weighted by molar-refractivity contribution is 7.80. The van der Waals surface area contributed by atoms with E-state index in [2.05, 4.69) is 5.32 Å². The van der Waals surface area contributed by atoms with Gasteiger partial charge in [-0.3, -0.25) is 4.79 Å². The molecule has 17 heavy (non-hydrogen) atoms. The second kappa shape index (κ2) is 5.84. The lowest BCUT2D eigenvalue weighted by atomic mass is 10.1. The summed E-state index contributed by atoms with van der Waals surface area (Å²) in [6.07, 6.45) is 0. The number of amides is 1. The molecular formula is C11H14ClN3OS. The summed E-state index contributed by atoms with van der Waals surface area (Å²) < 4.78 is 0. The highest BCUT2D eigenvalue weighted by Gasteiger charge is 2.08. The van der Waals surface area contributed by atoms with E-state index in [0.717, 1.165) is 0 Å². The number of benzene rings is 1. The number of hydrogen-bond donors (Lipinski definition) is 2. The second-order valence-electron chi connectivity index (χ2n) is 3.70. The maximum Gasteiger partial charge on any atom is 0.241 e. The summed E-state index contributed by atoms with van der Waals surface area (Å²) in [4.78, 5) is 13.2. The number of nitrogens with two attached hydrogens (primary N) is 1. The van der Waals surface area contributed by atoms with Crippen LogP contribution in [-0.2, 0) is 4.79 Å². The average molecular weight is 272 g/mol. The predicted molar refractivity (Wildman–Crippen MR) is 74.5 cm³/mol. The van der Waals surface area contributed by atoms with E-state index >= 15 is 0 Å². The minimum absolute atomic E-state index is 0.0335. The molecule has 0 fully saturated rings. The summed E-state index contributed by atoms with van der Waals surface area (Å²) in [5.74, 6) is -0.0335. The third-order valence-electron chi connectivity index (χ3n) is 2.18. The number of nitrogens with one attached hydrogen (secondary N) is 1. The fraction of sp³-hybridized carbons (Fsp3) is 0.273. The van der Waals surface area contributed by atoms with Gasteiger partial charge in [0.2, 0.25) is 5.91 Å². The third kappa shape index (κ3) is 3.87. The molecule has 3 N–H and O–H groups in total. The van der Waals surface area contributed by atoms with Crippen molar-refractivity contribution in [3.63, 3.8) is 0 Å². The van der Waals surface area contributed by atoms with Crippen LogP contribution in [0.3, 0.4) is 0 Å². The summed E-state index contributed by atoms with van der Waals surface area (Å²) in [6, 6.07) is 5.14. The number of halogens is 1. The normalized spacial score (nSPS) is 9.82. The Bertz CT molecular complexity index is 448. The summed E-state index contributed by atoms with van der Waals surface area (Å²) in [7, 11) is 3.39. The van der Waals surface area contributed by atoms with Crippen molar-refractivity contribution in [2.75, 3.05) is 26.0 Å². The lowest BCUT2D eigenvalue weighted by Crippen LogP contribution is -2.29. The molecule has 0 heterocycles. The Morgan fingerprint density at radius 2 is 2.18 bits per heavy atom. The van der Waals surface area contributed by atoms with Crippen molar-refractivity contribution in [3.8, 4) is 0 Å². The molecule has 92 valence electrons. The van der Waals surface area contributed by atoms with Crippen LogP contribution in [0, 0.1) is 0 Å². The van der Waals surface area contributed by atoms with E-state index < -0.39 is 0 Å². The molecule has 0 spiro atoms. The lowest BCUT2D eigenvalue weighted by Gasteiger charge is -2.14. The van der Waals surface area contributed by atoms with Crippen molar-refractivity contribution in [1.29, 1.82) is 0 Å². The predicted octanol–water partition coefficient (Wildman–Crippen LogP) is 1.47. The first-order chi connectivity index (χ1) is 7.91. The van der Waals surface area contributed by atoms with Gasteiger partial charge in [-0.2, -0.15) is 0 Å². The fourth-order valence-electron chi connectivity index (χ4n) is 1.20. The van der Waals surface area contributed by atoms with Gasteiger partial charge in [-0.15, -0.1) is 0 Å². The minimum Gasteiger partial charge on any atom is -0.389 e. The maximum atomic E-state index is 11.4. The topological polar surface area (TPSA) is 58.4 Å². The van der Waals surface area contributed by atoms with Gasteiger partial charge in [-0.1, -0.05) is 23.8 Å². The third-order valence-corrected chi connectivity index (χ3v) is 2.63. The van der Waals surface area contributed by atoms with Crippen LogP contribution in [-0.4, -0.2) is 36.4 Å². The van der Waals surface area contributed by atoms with Gasteiger partial charge in [0.15, 0.2) is 0 Å². The standard InChI is InChI=1S/C11H14ClN3OS/c1-15(2)10(16)6-14-9-4-3-7(12)5-8(9)11(13)17/h3-5,14H,6H2,1-2H3,(H2,13,17). The first-order valence-corrected chi connectivity index (χ1v) is 5.74. The Hall–Kier alpha value is -1.33. The Labute approximate surface area is 111 Å². The smallest absolute Gasteiger partial charge is 0.241 e. The van der Waals surface area contributed by atoms with Gasteiger partial charge < -0.3 is 16.0 Å². The molecule has 0 saturated heterocycles. The number of carbonyl (C=O) groups excluding carboxylic acids is 1. The summed E-state index contributed by atoms with van der Waals surface area (Å²) in [5.41, 5.74) is 6.93. The van der Waals surface area contributed by atoms with Crippen molar-refractivity contribution in [2.45, 2.75) is 0 Å². The number of thiocarbonyl (C=S) groups is 1. The minimum atomic E-state index is -0.0335. The van der Waals surface area contributed by atoms with Gasteiger partial charge in [-0.25, -0.2) is 0 Å². The van der Waals surface area contributed by atoms with Crippen LogP contribution in [0.25, 0.3) is 0 Å². The molecule has 6 heteroatoms. The van der Waals surface area contributed by atoms with Crippen LogP contribution in [0.4, 0.5) is 5.69 Å². The number of hydrogen-bond acceptors (Lipinski definition) is 3. The van der Waals surface area contributed by atoms with Gasteiger partial charge >= 0.3 is 0 Å². The molecule has 1 amide bonds. The van der Waals surface area contributed by atoms with Gasteiger partial charge in [0.05, 0.1) is 6.54 Å². The number of anilines is 1. The summed E-state index contributed by atoms with van der Waals surface area (Å²) in [5, 5.41) is 3.54. The van der Waals surface area contributed by atoms with E-state index in [-0.39, 0.29) is 17.4 Å². The van der Waals surface area contributed by atoms with E-state index in [1.165, 1.54) is 4.90 Å². The second-order valence-corrected chi connectivity index (χ2v) is 4.57. The number of nitrogens with zero attached hydrogens (tertiary/aromatic N) is 1. The lowest BCUT2D eigenvalue weighted by molar-refractivity contribution is -0.126. The van der Waals surface area contributed by atoms with Gasteiger partial charge in [0, 0.05) is 30.4 Å². The van der Waals surface area contributed by atoms with Crippen molar-refractivity contribution >= 4 is 40.4 Å². The molecule has 0 aliphatic heterocycles. The van der Waals surface area contributed by atoms with E-state index in [1.807, 2.05) is 0 Å². The molecule has 0 saturated carbocycles. The zero-order chi connectivity index (χ0) is 13.0. The van der Waals surface area contributed by atoms with Crippen LogP contribution in [0.15, 0.2) is 18.2 Å². The molecule has 4 nitrogen and oxygen atoms in total. The maximum absolute atomic E-state index is 11.4.